The van der Waals surface area contributed by atoms with Crippen LogP contribution in [-0.4, -0.2) is 40.5 Å². The molecule has 126 valence electrons. The van der Waals surface area contributed by atoms with Gasteiger partial charge in [0.15, 0.2) is 0 Å². The van der Waals surface area contributed by atoms with Gasteiger partial charge in [0.1, 0.15) is 11.9 Å². The molecule has 8 heteroatoms. The first kappa shape index (κ1) is 16.4. The molecule has 1 aromatic carbocycles. The van der Waals surface area contributed by atoms with E-state index in [4.69, 9.17) is 11.6 Å². The predicted octanol–water partition coefficient (Wildman–Crippen LogP) is 1.01. The van der Waals surface area contributed by atoms with E-state index in [-0.39, 0.29) is 36.6 Å². The molecule has 0 bridgehead atoms. The standard InChI is InChI=1S/C16H16ClN3O4/c17-7-14(22)18-11-4-1-3-9-10(11)8-20(16(9)24)12-5-2-6-13(21)19-15(12)23/h1,3-4,12H,2,5-8H2,(H,18,22)(H,19,21,23)/t12-/m0/s1. The first-order valence-corrected chi connectivity index (χ1v) is 8.17. The molecule has 1 aromatic rings. The summed E-state index contributed by atoms with van der Waals surface area (Å²) in [5.41, 5.74) is 1.62. The number of halogens is 1. The van der Waals surface area contributed by atoms with E-state index in [1.807, 2.05) is 0 Å². The Bertz CT molecular complexity index is 734. The first-order chi connectivity index (χ1) is 11.5. The summed E-state index contributed by atoms with van der Waals surface area (Å²) in [5, 5.41) is 4.98. The number of anilines is 1. The number of nitrogens with zero attached hydrogens (tertiary/aromatic N) is 1. The summed E-state index contributed by atoms with van der Waals surface area (Å²) in [5.74, 6) is -1.60. The van der Waals surface area contributed by atoms with Crippen molar-refractivity contribution in [3.8, 4) is 0 Å². The second-order valence-corrected chi connectivity index (χ2v) is 6.03. The van der Waals surface area contributed by atoms with Gasteiger partial charge in [0, 0.05) is 29.8 Å². The minimum Gasteiger partial charge on any atom is -0.325 e. The van der Waals surface area contributed by atoms with Gasteiger partial charge in [-0.1, -0.05) is 6.07 Å². The molecule has 2 heterocycles. The third-order valence-electron chi connectivity index (χ3n) is 4.21. The lowest BCUT2D eigenvalue weighted by atomic mass is 10.1. The highest BCUT2D eigenvalue weighted by atomic mass is 35.5. The van der Waals surface area contributed by atoms with Crippen molar-refractivity contribution >= 4 is 40.9 Å². The molecule has 0 unspecified atom stereocenters. The molecule has 0 spiro atoms. The molecule has 4 amide bonds. The number of carbonyl (C=O) groups excluding carboxylic acids is 4. The van der Waals surface area contributed by atoms with Crippen LogP contribution in [0.25, 0.3) is 0 Å². The fourth-order valence-corrected chi connectivity index (χ4v) is 3.14. The molecule has 0 aliphatic carbocycles. The van der Waals surface area contributed by atoms with E-state index in [1.165, 1.54) is 4.90 Å². The normalized spacial score (nSPS) is 20.5. The van der Waals surface area contributed by atoms with Crippen LogP contribution in [0.1, 0.15) is 35.2 Å². The SMILES string of the molecule is O=C1CCC[C@H](N2Cc3c(NC(=O)CCl)cccc3C2=O)C(=O)N1. The molecule has 2 aliphatic heterocycles. The summed E-state index contributed by atoms with van der Waals surface area (Å²) in [4.78, 5) is 49.3. The number of carbonyl (C=O) groups is 4. The highest BCUT2D eigenvalue weighted by molar-refractivity contribution is 6.29. The maximum atomic E-state index is 12.7. The second-order valence-electron chi connectivity index (χ2n) is 5.77. The van der Waals surface area contributed by atoms with Gasteiger partial charge in [-0.2, -0.15) is 0 Å². The van der Waals surface area contributed by atoms with Crippen LogP contribution in [0.5, 0.6) is 0 Å². The van der Waals surface area contributed by atoms with Gasteiger partial charge in [-0.3, -0.25) is 24.5 Å². The number of nitrogens with one attached hydrogen (secondary N) is 2. The summed E-state index contributed by atoms with van der Waals surface area (Å²) in [6.07, 6.45) is 1.24. The fourth-order valence-electron chi connectivity index (χ4n) is 3.07. The van der Waals surface area contributed by atoms with Crippen LogP contribution in [-0.2, 0) is 20.9 Å². The van der Waals surface area contributed by atoms with Crippen molar-refractivity contribution < 1.29 is 19.2 Å². The molecule has 0 radical (unpaired) electrons. The number of fused-ring (bicyclic) bond motifs is 1. The van der Waals surface area contributed by atoms with Gasteiger partial charge in [-0.05, 0) is 25.0 Å². The molecule has 0 aromatic heterocycles. The lowest BCUT2D eigenvalue weighted by Crippen LogP contribution is -2.46. The average Bonchev–Trinajstić information content (AvgIpc) is 2.79. The molecule has 1 atom stereocenters. The van der Waals surface area contributed by atoms with Crippen molar-refractivity contribution in [2.45, 2.75) is 31.8 Å². The Morgan fingerprint density at radius 1 is 1.33 bits per heavy atom. The first-order valence-electron chi connectivity index (χ1n) is 7.63. The molecule has 24 heavy (non-hydrogen) atoms. The average molecular weight is 350 g/mol. The fraction of sp³-hybridized carbons (Fsp3) is 0.375. The summed E-state index contributed by atoms with van der Waals surface area (Å²) in [6, 6.07) is 4.33. The Hall–Kier alpha value is -2.41. The molecule has 1 saturated heterocycles. The maximum absolute atomic E-state index is 12.7. The number of rotatable bonds is 3. The van der Waals surface area contributed by atoms with Crippen LogP contribution in [0.4, 0.5) is 5.69 Å². The molecule has 2 N–H and O–H groups in total. The maximum Gasteiger partial charge on any atom is 0.255 e. The van der Waals surface area contributed by atoms with E-state index in [1.54, 1.807) is 18.2 Å². The predicted molar refractivity (Wildman–Crippen MR) is 86.5 cm³/mol. The smallest absolute Gasteiger partial charge is 0.255 e. The van der Waals surface area contributed by atoms with E-state index < -0.39 is 11.9 Å². The zero-order valence-corrected chi connectivity index (χ0v) is 13.6. The Morgan fingerprint density at radius 2 is 2.12 bits per heavy atom. The number of hydrogen-bond donors (Lipinski definition) is 2. The number of imide groups is 1. The third-order valence-corrected chi connectivity index (χ3v) is 4.46. The van der Waals surface area contributed by atoms with Gasteiger partial charge in [0.05, 0.1) is 0 Å². The zero-order chi connectivity index (χ0) is 17.3. The van der Waals surface area contributed by atoms with Crippen molar-refractivity contribution in [3.05, 3.63) is 29.3 Å². The van der Waals surface area contributed by atoms with Gasteiger partial charge in [0.2, 0.25) is 17.7 Å². The van der Waals surface area contributed by atoms with Crippen LogP contribution in [0, 0.1) is 0 Å². The number of alkyl halides is 1. The molecule has 3 rings (SSSR count). The van der Waals surface area contributed by atoms with Crippen LogP contribution in [0.2, 0.25) is 0 Å². The molecular weight excluding hydrogens is 334 g/mol. The Morgan fingerprint density at radius 3 is 2.88 bits per heavy atom. The van der Waals surface area contributed by atoms with Crippen molar-refractivity contribution in [2.75, 3.05) is 11.2 Å². The topological polar surface area (TPSA) is 95.6 Å². The van der Waals surface area contributed by atoms with Gasteiger partial charge in [-0.15, -0.1) is 11.6 Å². The minimum atomic E-state index is -0.687. The number of hydrogen-bond acceptors (Lipinski definition) is 4. The summed E-state index contributed by atoms with van der Waals surface area (Å²) in [7, 11) is 0. The Labute approximate surface area is 143 Å². The van der Waals surface area contributed by atoms with E-state index in [2.05, 4.69) is 10.6 Å². The Balaban J connectivity index is 1.87. The minimum absolute atomic E-state index is 0.186. The van der Waals surface area contributed by atoms with Gasteiger partial charge < -0.3 is 10.2 Å². The lowest BCUT2D eigenvalue weighted by molar-refractivity contribution is -0.132. The van der Waals surface area contributed by atoms with Gasteiger partial charge in [0.25, 0.3) is 5.91 Å². The van der Waals surface area contributed by atoms with Crippen LogP contribution >= 0.6 is 11.6 Å². The zero-order valence-electron chi connectivity index (χ0n) is 12.8. The monoisotopic (exact) mass is 349 g/mol. The molecule has 2 aliphatic rings. The Kier molecular flexibility index (Phi) is 4.53. The van der Waals surface area contributed by atoms with E-state index in [0.717, 1.165) is 0 Å². The summed E-state index contributed by atoms with van der Waals surface area (Å²) in [6.45, 7) is 0.208. The van der Waals surface area contributed by atoms with Crippen molar-refractivity contribution in [1.29, 1.82) is 0 Å². The molecule has 7 nitrogen and oxygen atoms in total. The molecule has 1 fully saturated rings. The highest BCUT2D eigenvalue weighted by Crippen LogP contribution is 2.32. The van der Waals surface area contributed by atoms with Crippen LogP contribution in [0.15, 0.2) is 18.2 Å². The van der Waals surface area contributed by atoms with E-state index in [0.29, 0.717) is 29.7 Å². The summed E-state index contributed by atoms with van der Waals surface area (Å²) >= 11 is 5.51. The van der Waals surface area contributed by atoms with Gasteiger partial charge >= 0.3 is 0 Å². The van der Waals surface area contributed by atoms with Crippen molar-refractivity contribution in [2.24, 2.45) is 0 Å². The quantitative estimate of drug-likeness (QED) is 0.629. The lowest BCUT2D eigenvalue weighted by Gasteiger charge is -2.24. The number of benzene rings is 1. The van der Waals surface area contributed by atoms with Gasteiger partial charge in [-0.25, -0.2) is 0 Å². The van der Waals surface area contributed by atoms with Crippen molar-refractivity contribution in [1.82, 2.24) is 10.2 Å². The second kappa shape index (κ2) is 6.60. The molecular formula is C16H16ClN3O4. The van der Waals surface area contributed by atoms with Crippen LogP contribution < -0.4 is 10.6 Å². The highest BCUT2D eigenvalue weighted by Gasteiger charge is 2.38. The molecule has 0 saturated carbocycles. The van der Waals surface area contributed by atoms with Crippen LogP contribution in [0.3, 0.4) is 0 Å². The summed E-state index contributed by atoms with van der Waals surface area (Å²) < 4.78 is 0. The van der Waals surface area contributed by atoms with Crippen molar-refractivity contribution in [3.63, 3.8) is 0 Å². The third kappa shape index (κ3) is 2.99. The largest absolute Gasteiger partial charge is 0.325 e. The van der Waals surface area contributed by atoms with E-state index >= 15 is 0 Å². The van der Waals surface area contributed by atoms with E-state index in [9.17, 15) is 19.2 Å². The number of amides is 4.